The Morgan fingerprint density at radius 1 is 1.08 bits per heavy atom. The lowest BCUT2D eigenvalue weighted by Gasteiger charge is -2.29. The molecule has 0 atom stereocenters. The number of aromatic nitrogens is 5. The molecule has 1 aliphatic rings. The zero-order chi connectivity index (χ0) is 16.5. The van der Waals surface area contributed by atoms with Crippen molar-refractivity contribution in [2.75, 3.05) is 5.32 Å². The van der Waals surface area contributed by atoms with Crippen LogP contribution in [0.4, 0.5) is 5.95 Å². The van der Waals surface area contributed by atoms with Gasteiger partial charge in [-0.1, -0.05) is 6.07 Å². The summed E-state index contributed by atoms with van der Waals surface area (Å²) in [6.45, 7) is 1.92. The maximum atomic E-state index is 12.0. The van der Waals surface area contributed by atoms with Crippen LogP contribution in [0.15, 0.2) is 41.3 Å². The lowest BCUT2D eigenvalue weighted by molar-refractivity contribution is 0.302. The number of anilines is 1. The summed E-state index contributed by atoms with van der Waals surface area (Å²) in [6, 6.07) is 9.75. The van der Waals surface area contributed by atoms with E-state index in [0.29, 0.717) is 6.04 Å². The first-order chi connectivity index (χ1) is 11.7. The Morgan fingerprint density at radius 2 is 1.92 bits per heavy atom. The minimum atomic E-state index is -0.0135. The predicted octanol–water partition coefficient (Wildman–Crippen LogP) is 2.19. The third-order valence-corrected chi connectivity index (χ3v) is 4.65. The maximum Gasteiger partial charge on any atom is 0.267 e. The highest BCUT2D eigenvalue weighted by molar-refractivity contribution is 5.45. The first-order valence-electron chi connectivity index (χ1n) is 8.33. The van der Waals surface area contributed by atoms with Crippen LogP contribution in [0.2, 0.25) is 0 Å². The van der Waals surface area contributed by atoms with Gasteiger partial charge in [-0.15, -0.1) is 10.2 Å². The average Bonchev–Trinajstić information content (AvgIpc) is 3.01. The van der Waals surface area contributed by atoms with Gasteiger partial charge in [0.25, 0.3) is 5.56 Å². The van der Waals surface area contributed by atoms with E-state index < -0.39 is 0 Å². The van der Waals surface area contributed by atoms with Crippen LogP contribution in [0.3, 0.4) is 0 Å². The zero-order valence-electron chi connectivity index (χ0n) is 13.6. The van der Waals surface area contributed by atoms with Gasteiger partial charge in [0.15, 0.2) is 5.65 Å². The summed E-state index contributed by atoms with van der Waals surface area (Å²) in [5, 5.41) is 16.3. The highest BCUT2D eigenvalue weighted by Crippen LogP contribution is 2.28. The van der Waals surface area contributed by atoms with Gasteiger partial charge in [0.1, 0.15) is 0 Å². The molecule has 1 aliphatic carbocycles. The molecule has 3 heterocycles. The molecule has 0 aromatic carbocycles. The largest absolute Gasteiger partial charge is 0.351 e. The van der Waals surface area contributed by atoms with Crippen molar-refractivity contribution in [3.63, 3.8) is 0 Å². The smallest absolute Gasteiger partial charge is 0.267 e. The van der Waals surface area contributed by atoms with Crippen LogP contribution in [0.1, 0.15) is 37.4 Å². The summed E-state index contributed by atoms with van der Waals surface area (Å²) >= 11 is 0. The van der Waals surface area contributed by atoms with Crippen LogP contribution in [0.25, 0.3) is 5.65 Å². The molecule has 0 radical (unpaired) electrons. The number of nitrogens with zero attached hydrogens (tertiary/aromatic N) is 5. The monoisotopic (exact) mass is 324 g/mol. The first-order valence-corrected chi connectivity index (χ1v) is 8.33. The number of hydrogen-bond donors (Lipinski definition) is 1. The van der Waals surface area contributed by atoms with E-state index in [1.807, 2.05) is 35.7 Å². The summed E-state index contributed by atoms with van der Waals surface area (Å²) in [6.07, 6.45) is 5.79. The van der Waals surface area contributed by atoms with Gasteiger partial charge in [-0.05, 0) is 50.8 Å². The van der Waals surface area contributed by atoms with E-state index in [-0.39, 0.29) is 11.6 Å². The summed E-state index contributed by atoms with van der Waals surface area (Å²) in [7, 11) is 0. The number of nitrogens with one attached hydrogen (secondary N) is 1. The van der Waals surface area contributed by atoms with Crippen molar-refractivity contribution in [1.82, 2.24) is 24.4 Å². The van der Waals surface area contributed by atoms with Crippen LogP contribution in [-0.4, -0.2) is 30.4 Å². The van der Waals surface area contributed by atoms with E-state index in [1.54, 1.807) is 16.8 Å². The van der Waals surface area contributed by atoms with Crippen molar-refractivity contribution >= 4 is 11.6 Å². The van der Waals surface area contributed by atoms with E-state index in [1.165, 1.54) is 0 Å². The van der Waals surface area contributed by atoms with E-state index in [4.69, 9.17) is 0 Å². The van der Waals surface area contributed by atoms with Gasteiger partial charge in [-0.3, -0.25) is 9.20 Å². The summed E-state index contributed by atoms with van der Waals surface area (Å²) in [4.78, 5) is 12.0. The Kier molecular flexibility index (Phi) is 3.76. The molecule has 3 aromatic heterocycles. The molecule has 1 N–H and O–H groups in total. The zero-order valence-corrected chi connectivity index (χ0v) is 13.6. The molecule has 1 fully saturated rings. The fraction of sp³-hybridized carbons (Fsp3) is 0.412. The lowest BCUT2D eigenvalue weighted by Crippen LogP contribution is -2.33. The van der Waals surface area contributed by atoms with Gasteiger partial charge in [-0.25, -0.2) is 4.68 Å². The van der Waals surface area contributed by atoms with Crippen molar-refractivity contribution in [2.45, 2.75) is 44.7 Å². The highest BCUT2D eigenvalue weighted by Gasteiger charge is 2.24. The van der Waals surface area contributed by atoms with Gasteiger partial charge in [0, 0.05) is 18.3 Å². The molecule has 0 amide bonds. The normalized spacial score (nSPS) is 21.0. The Balaban J connectivity index is 1.45. The van der Waals surface area contributed by atoms with E-state index >= 15 is 0 Å². The molecule has 0 spiro atoms. The number of aryl methyl sites for hydroxylation is 1. The second-order valence-corrected chi connectivity index (χ2v) is 6.36. The van der Waals surface area contributed by atoms with Gasteiger partial charge < -0.3 is 5.32 Å². The molecule has 1 saturated carbocycles. The first kappa shape index (κ1) is 14.9. The standard InChI is InChI=1S/C17H20N6O/c1-12-5-10-16(24)23(21-12)14-8-6-13(7-9-14)18-17-20-19-15-4-2-3-11-22(15)17/h2-5,10-11,13-14H,6-9H2,1H3,(H,18,20). The Morgan fingerprint density at radius 3 is 2.75 bits per heavy atom. The van der Waals surface area contributed by atoms with Crippen molar-refractivity contribution in [2.24, 2.45) is 0 Å². The number of pyridine rings is 1. The molecule has 3 aromatic rings. The molecule has 7 nitrogen and oxygen atoms in total. The van der Waals surface area contributed by atoms with Crippen molar-refractivity contribution < 1.29 is 0 Å². The number of hydrogen-bond acceptors (Lipinski definition) is 5. The van der Waals surface area contributed by atoms with Crippen LogP contribution < -0.4 is 10.9 Å². The third-order valence-electron chi connectivity index (χ3n) is 4.65. The molecular formula is C17H20N6O. The molecule has 0 saturated heterocycles. The molecule has 7 heteroatoms. The molecule has 0 bridgehead atoms. The second kappa shape index (κ2) is 6.07. The highest BCUT2D eigenvalue weighted by atomic mass is 16.1. The topological polar surface area (TPSA) is 77.1 Å². The van der Waals surface area contributed by atoms with Crippen molar-refractivity contribution in [1.29, 1.82) is 0 Å². The van der Waals surface area contributed by atoms with Crippen molar-refractivity contribution in [3.05, 3.63) is 52.6 Å². The quantitative estimate of drug-likeness (QED) is 0.799. The lowest BCUT2D eigenvalue weighted by atomic mass is 9.91. The Hall–Kier alpha value is -2.70. The predicted molar refractivity (Wildman–Crippen MR) is 91.1 cm³/mol. The fourth-order valence-electron chi connectivity index (χ4n) is 3.37. The van der Waals surface area contributed by atoms with E-state index in [2.05, 4.69) is 20.6 Å². The van der Waals surface area contributed by atoms with E-state index in [0.717, 1.165) is 43.0 Å². The molecule has 0 unspecified atom stereocenters. The van der Waals surface area contributed by atoms with Gasteiger partial charge in [-0.2, -0.15) is 5.10 Å². The number of rotatable bonds is 3. The van der Waals surface area contributed by atoms with Gasteiger partial charge in [0.2, 0.25) is 5.95 Å². The molecule has 0 aliphatic heterocycles. The average molecular weight is 324 g/mol. The molecule has 24 heavy (non-hydrogen) atoms. The van der Waals surface area contributed by atoms with Crippen LogP contribution in [0, 0.1) is 6.92 Å². The summed E-state index contributed by atoms with van der Waals surface area (Å²) in [5.41, 5.74) is 1.70. The van der Waals surface area contributed by atoms with Gasteiger partial charge in [0.05, 0.1) is 11.7 Å². The molecule has 4 rings (SSSR count). The Labute approximate surface area is 139 Å². The van der Waals surface area contributed by atoms with Crippen LogP contribution in [-0.2, 0) is 0 Å². The summed E-state index contributed by atoms with van der Waals surface area (Å²) < 4.78 is 3.61. The van der Waals surface area contributed by atoms with Gasteiger partial charge >= 0.3 is 0 Å². The minimum absolute atomic E-state index is 0.0135. The molecular weight excluding hydrogens is 304 g/mol. The summed E-state index contributed by atoms with van der Waals surface area (Å²) in [5.74, 6) is 0.778. The van der Waals surface area contributed by atoms with Crippen LogP contribution >= 0.6 is 0 Å². The Bertz CT molecular complexity index is 907. The van der Waals surface area contributed by atoms with E-state index in [9.17, 15) is 4.79 Å². The second-order valence-electron chi connectivity index (χ2n) is 6.36. The number of fused-ring (bicyclic) bond motifs is 1. The third kappa shape index (κ3) is 2.77. The van der Waals surface area contributed by atoms with Crippen molar-refractivity contribution in [3.8, 4) is 0 Å². The SMILES string of the molecule is Cc1ccc(=O)n(C2CCC(Nc3nnc4ccccn34)CC2)n1. The van der Waals surface area contributed by atoms with Crippen LogP contribution in [0.5, 0.6) is 0 Å². The minimum Gasteiger partial charge on any atom is -0.351 e. The fourth-order valence-corrected chi connectivity index (χ4v) is 3.37. The molecule has 124 valence electrons. The maximum absolute atomic E-state index is 12.0.